The number of hydrogen-bond donors (Lipinski definition) is 1. The summed E-state index contributed by atoms with van der Waals surface area (Å²) in [5, 5.41) is 11.7. The Labute approximate surface area is 162 Å². The van der Waals surface area contributed by atoms with Crippen LogP contribution in [0.4, 0.5) is 4.79 Å². The molecule has 0 saturated carbocycles. The summed E-state index contributed by atoms with van der Waals surface area (Å²) >= 11 is 1.51. The molecule has 0 unspecified atom stereocenters. The van der Waals surface area contributed by atoms with Crippen molar-refractivity contribution in [3.63, 3.8) is 0 Å². The number of methoxy groups -OCH3 is 1. The number of aromatic nitrogens is 3. The maximum Gasteiger partial charge on any atom is 0.408 e. The predicted molar refractivity (Wildman–Crippen MR) is 101 cm³/mol. The van der Waals surface area contributed by atoms with Gasteiger partial charge in [0.25, 0.3) is 0 Å². The summed E-state index contributed by atoms with van der Waals surface area (Å²) in [6.07, 6.45) is -0.495. The largest absolute Gasteiger partial charge is 0.465 e. The lowest BCUT2D eigenvalue weighted by Crippen LogP contribution is -2.32. The van der Waals surface area contributed by atoms with Crippen LogP contribution in [0.5, 0.6) is 0 Å². The van der Waals surface area contributed by atoms with E-state index >= 15 is 0 Å². The maximum absolute atomic E-state index is 11.7. The molecule has 146 valence electrons. The fourth-order valence-electron chi connectivity index (χ4n) is 2.09. The molecule has 0 bridgehead atoms. The second-order valence-corrected chi connectivity index (χ2v) is 7.73. The molecule has 1 aromatic carbocycles. The lowest BCUT2D eigenvalue weighted by molar-refractivity contribution is 0.0520. The Bertz CT molecular complexity index is 797. The van der Waals surface area contributed by atoms with Crippen molar-refractivity contribution in [2.75, 3.05) is 7.11 Å². The van der Waals surface area contributed by atoms with Gasteiger partial charge < -0.3 is 19.4 Å². The number of carbonyl (C=O) groups excluding carboxylic acids is 2. The van der Waals surface area contributed by atoms with Crippen molar-refractivity contribution in [1.29, 1.82) is 0 Å². The van der Waals surface area contributed by atoms with E-state index in [1.165, 1.54) is 18.9 Å². The average Bonchev–Trinajstić information content (AvgIpc) is 2.96. The van der Waals surface area contributed by atoms with Gasteiger partial charge in [0.2, 0.25) is 0 Å². The normalized spacial score (nSPS) is 11.1. The highest BCUT2D eigenvalue weighted by Crippen LogP contribution is 2.21. The zero-order valence-corrected chi connectivity index (χ0v) is 16.9. The van der Waals surface area contributed by atoms with Crippen LogP contribution in [0, 0.1) is 0 Å². The summed E-state index contributed by atoms with van der Waals surface area (Å²) in [4.78, 5) is 23.2. The van der Waals surface area contributed by atoms with Crippen LogP contribution >= 0.6 is 11.8 Å². The molecule has 0 saturated heterocycles. The van der Waals surface area contributed by atoms with Crippen LogP contribution in [0.1, 0.15) is 42.5 Å². The van der Waals surface area contributed by atoms with Gasteiger partial charge in [0.15, 0.2) is 11.0 Å². The summed E-state index contributed by atoms with van der Waals surface area (Å²) in [6.45, 7) is 5.65. The molecule has 0 aliphatic heterocycles. The summed E-state index contributed by atoms with van der Waals surface area (Å²) in [5.74, 6) is 0.946. The Morgan fingerprint density at radius 3 is 2.44 bits per heavy atom. The molecule has 2 rings (SSSR count). The van der Waals surface area contributed by atoms with E-state index in [9.17, 15) is 9.59 Å². The first-order chi connectivity index (χ1) is 12.7. The average molecular weight is 392 g/mol. The van der Waals surface area contributed by atoms with Gasteiger partial charge in [-0.15, -0.1) is 10.2 Å². The van der Waals surface area contributed by atoms with Crippen molar-refractivity contribution >= 4 is 23.8 Å². The first-order valence-electron chi connectivity index (χ1n) is 8.35. The number of hydrogen-bond acceptors (Lipinski definition) is 7. The fraction of sp³-hybridized carbons (Fsp3) is 0.444. The molecule has 1 N–H and O–H groups in total. The molecule has 0 spiro atoms. The number of rotatable bonds is 6. The highest BCUT2D eigenvalue weighted by atomic mass is 32.2. The zero-order chi connectivity index (χ0) is 20.0. The smallest absolute Gasteiger partial charge is 0.408 e. The van der Waals surface area contributed by atoms with Crippen molar-refractivity contribution in [2.45, 2.75) is 43.8 Å². The minimum absolute atomic E-state index is 0.229. The molecular formula is C18H24N4O4S. The third kappa shape index (κ3) is 6.28. The van der Waals surface area contributed by atoms with E-state index < -0.39 is 11.7 Å². The minimum Gasteiger partial charge on any atom is -0.465 e. The monoisotopic (exact) mass is 392 g/mol. The number of esters is 1. The Morgan fingerprint density at radius 2 is 1.85 bits per heavy atom. The number of thioether (sulfide) groups is 1. The van der Waals surface area contributed by atoms with Crippen molar-refractivity contribution in [1.82, 2.24) is 20.1 Å². The first kappa shape index (κ1) is 20.8. The van der Waals surface area contributed by atoms with E-state index in [2.05, 4.69) is 20.3 Å². The summed E-state index contributed by atoms with van der Waals surface area (Å²) in [7, 11) is 3.20. The third-order valence-corrected chi connectivity index (χ3v) is 4.55. The van der Waals surface area contributed by atoms with E-state index in [0.29, 0.717) is 17.1 Å². The molecule has 1 heterocycles. The highest BCUT2D eigenvalue weighted by Gasteiger charge is 2.17. The molecule has 0 atom stereocenters. The Morgan fingerprint density at radius 1 is 1.19 bits per heavy atom. The molecule has 2 aromatic rings. The Kier molecular flexibility index (Phi) is 6.84. The molecule has 27 heavy (non-hydrogen) atoms. The second kappa shape index (κ2) is 8.90. The van der Waals surface area contributed by atoms with E-state index in [0.717, 1.165) is 10.7 Å². The lowest BCUT2D eigenvalue weighted by atomic mass is 10.1. The number of amides is 1. The van der Waals surface area contributed by atoms with Crippen LogP contribution in [-0.2, 0) is 28.8 Å². The van der Waals surface area contributed by atoms with Gasteiger partial charge in [-0.2, -0.15) is 0 Å². The molecule has 0 aliphatic rings. The molecule has 1 amide bonds. The zero-order valence-electron chi connectivity index (χ0n) is 16.1. The van der Waals surface area contributed by atoms with Crippen LogP contribution in [-0.4, -0.2) is 39.5 Å². The number of ether oxygens (including phenoxy) is 2. The highest BCUT2D eigenvalue weighted by molar-refractivity contribution is 7.98. The number of alkyl carbamates (subject to hydrolysis) is 1. The molecule has 0 radical (unpaired) electrons. The second-order valence-electron chi connectivity index (χ2n) is 6.79. The van der Waals surface area contributed by atoms with Crippen molar-refractivity contribution in [2.24, 2.45) is 7.05 Å². The van der Waals surface area contributed by atoms with Crippen LogP contribution in [0.25, 0.3) is 0 Å². The van der Waals surface area contributed by atoms with Gasteiger partial charge in [-0.1, -0.05) is 23.9 Å². The Hall–Kier alpha value is -2.55. The Balaban J connectivity index is 1.89. The molecular weight excluding hydrogens is 368 g/mol. The van der Waals surface area contributed by atoms with Crippen molar-refractivity contribution in [3.8, 4) is 0 Å². The molecule has 8 nitrogen and oxygen atoms in total. The van der Waals surface area contributed by atoms with Gasteiger partial charge in [0, 0.05) is 12.8 Å². The van der Waals surface area contributed by atoms with Gasteiger partial charge in [-0.25, -0.2) is 9.59 Å². The van der Waals surface area contributed by atoms with E-state index in [-0.39, 0.29) is 12.5 Å². The SMILES string of the molecule is COC(=O)c1ccc(CSc2nnc(CNC(=O)OC(C)(C)C)n2C)cc1. The van der Waals surface area contributed by atoms with Crippen LogP contribution in [0.3, 0.4) is 0 Å². The lowest BCUT2D eigenvalue weighted by Gasteiger charge is -2.19. The molecule has 0 aliphatic carbocycles. The quantitative estimate of drug-likeness (QED) is 0.596. The molecule has 9 heteroatoms. The van der Waals surface area contributed by atoms with Crippen LogP contribution in [0.2, 0.25) is 0 Å². The van der Waals surface area contributed by atoms with Crippen LogP contribution in [0.15, 0.2) is 29.4 Å². The molecule has 0 fully saturated rings. The third-order valence-electron chi connectivity index (χ3n) is 3.46. The first-order valence-corrected chi connectivity index (χ1v) is 9.33. The number of nitrogens with zero attached hydrogens (tertiary/aromatic N) is 3. The topological polar surface area (TPSA) is 95.3 Å². The fourth-order valence-corrected chi connectivity index (χ4v) is 2.98. The number of carbonyl (C=O) groups is 2. The number of benzene rings is 1. The van der Waals surface area contributed by atoms with E-state index in [1.54, 1.807) is 32.9 Å². The molecule has 1 aromatic heterocycles. The summed E-state index contributed by atoms with van der Waals surface area (Å²) < 4.78 is 11.7. The van der Waals surface area contributed by atoms with E-state index in [1.807, 2.05) is 23.7 Å². The van der Waals surface area contributed by atoms with Crippen molar-refractivity contribution < 1.29 is 19.1 Å². The van der Waals surface area contributed by atoms with Gasteiger partial charge >= 0.3 is 12.1 Å². The van der Waals surface area contributed by atoms with Gasteiger partial charge in [0.05, 0.1) is 19.2 Å². The summed E-state index contributed by atoms with van der Waals surface area (Å²) in [6, 6.07) is 7.21. The van der Waals surface area contributed by atoms with Gasteiger partial charge in [-0.3, -0.25) is 0 Å². The minimum atomic E-state index is -0.547. The van der Waals surface area contributed by atoms with Crippen LogP contribution < -0.4 is 5.32 Å². The van der Waals surface area contributed by atoms with Gasteiger partial charge in [0.1, 0.15) is 5.60 Å². The van der Waals surface area contributed by atoms with E-state index in [4.69, 9.17) is 4.74 Å². The predicted octanol–water partition coefficient (Wildman–Crippen LogP) is 2.92. The van der Waals surface area contributed by atoms with Crippen molar-refractivity contribution in [3.05, 3.63) is 41.2 Å². The number of nitrogens with one attached hydrogen (secondary N) is 1. The van der Waals surface area contributed by atoms with Gasteiger partial charge in [-0.05, 0) is 38.5 Å². The summed E-state index contributed by atoms with van der Waals surface area (Å²) in [5.41, 5.74) is 1.01. The standard InChI is InChI=1S/C18H24N4O4S/c1-18(2,3)26-17(24)19-10-14-20-21-16(22(14)4)27-11-12-6-8-13(9-7-12)15(23)25-5/h6-9H,10-11H2,1-5H3,(H,19,24). The maximum atomic E-state index is 11.7.